The van der Waals surface area contributed by atoms with Gasteiger partial charge in [0.1, 0.15) is 5.70 Å². The number of carbonyl (C=O) groups excluding carboxylic acids is 3. The largest absolute Gasteiger partial charge is 0.321 e. The molecule has 260 valence electrons. The molecule has 1 unspecified atom stereocenters. The summed E-state index contributed by atoms with van der Waals surface area (Å²) >= 11 is 15.1. The number of halogens is 2. The van der Waals surface area contributed by atoms with Gasteiger partial charge in [0.15, 0.2) is 5.13 Å². The Morgan fingerprint density at radius 3 is 2.23 bits per heavy atom. The minimum Gasteiger partial charge on any atom is -0.321 e. The van der Waals surface area contributed by atoms with Crippen molar-refractivity contribution >= 4 is 80.9 Å². The van der Waals surface area contributed by atoms with E-state index in [4.69, 9.17) is 23.2 Å². The number of hydrogen-bond acceptors (Lipinski definition) is 6. The molecule has 11 heteroatoms. The zero-order valence-corrected chi connectivity index (χ0v) is 31.0. The lowest BCUT2D eigenvalue weighted by molar-refractivity contribution is -0.116. The summed E-state index contributed by atoms with van der Waals surface area (Å²) in [5.41, 5.74) is 5.22. The van der Waals surface area contributed by atoms with Crippen LogP contribution < -0.4 is 16.0 Å². The number of carbonyl (C=O) groups is 3. The number of hydrogen-bond donors (Lipinski definition) is 3. The van der Waals surface area contributed by atoms with Crippen molar-refractivity contribution in [3.8, 4) is 22.4 Å². The topological polar surface area (TPSA) is 100 Å². The Bertz CT molecular complexity index is 2230. The lowest BCUT2D eigenvalue weighted by Crippen LogP contribution is -2.30. The number of amides is 3. The fourth-order valence-corrected chi connectivity index (χ4v) is 7.41. The van der Waals surface area contributed by atoms with Gasteiger partial charge in [0.05, 0.1) is 16.0 Å². The van der Waals surface area contributed by atoms with Crippen molar-refractivity contribution in [2.45, 2.75) is 23.5 Å². The van der Waals surface area contributed by atoms with Gasteiger partial charge in [-0.2, -0.15) is 0 Å². The molecule has 0 bridgehead atoms. The van der Waals surface area contributed by atoms with Crippen LogP contribution in [0.5, 0.6) is 0 Å². The second-order valence-corrected chi connectivity index (χ2v) is 14.5. The number of thiazole rings is 1. The molecular weight excluding hydrogens is 732 g/mol. The van der Waals surface area contributed by atoms with Gasteiger partial charge in [0, 0.05) is 32.1 Å². The highest BCUT2D eigenvalue weighted by Crippen LogP contribution is 2.34. The highest BCUT2D eigenvalue weighted by molar-refractivity contribution is 8.00. The molecule has 7 nitrogen and oxygen atoms in total. The molecule has 0 aliphatic rings. The third kappa shape index (κ3) is 9.57. The number of anilines is 2. The first-order chi connectivity index (χ1) is 25.2. The summed E-state index contributed by atoms with van der Waals surface area (Å²) in [5, 5.41) is 11.5. The van der Waals surface area contributed by atoms with E-state index in [1.165, 1.54) is 23.1 Å². The van der Waals surface area contributed by atoms with Crippen molar-refractivity contribution < 1.29 is 14.4 Å². The molecule has 1 aromatic heterocycles. The summed E-state index contributed by atoms with van der Waals surface area (Å²) in [5.74, 6) is -1.10. The van der Waals surface area contributed by atoms with Crippen LogP contribution in [0.4, 0.5) is 10.8 Å². The Labute approximate surface area is 320 Å². The molecule has 52 heavy (non-hydrogen) atoms. The van der Waals surface area contributed by atoms with Crippen molar-refractivity contribution in [2.24, 2.45) is 0 Å². The van der Waals surface area contributed by atoms with Crippen LogP contribution in [0, 0.1) is 0 Å². The van der Waals surface area contributed by atoms with Gasteiger partial charge in [0.2, 0.25) is 5.91 Å². The number of rotatable bonds is 12. The quantitative estimate of drug-likeness (QED) is 0.0851. The van der Waals surface area contributed by atoms with Crippen molar-refractivity contribution in [1.82, 2.24) is 10.3 Å². The summed E-state index contributed by atoms with van der Waals surface area (Å²) in [6.45, 7) is 1.93. The van der Waals surface area contributed by atoms with E-state index in [1.54, 1.807) is 66.7 Å². The molecule has 1 atom stereocenters. The fourth-order valence-electron chi connectivity index (χ4n) is 5.18. The minimum atomic E-state index is -0.497. The Kier molecular flexibility index (Phi) is 12.2. The van der Waals surface area contributed by atoms with Gasteiger partial charge < -0.3 is 16.0 Å². The van der Waals surface area contributed by atoms with Gasteiger partial charge in [0.25, 0.3) is 11.8 Å². The van der Waals surface area contributed by atoms with E-state index < -0.39 is 17.1 Å². The lowest BCUT2D eigenvalue weighted by atomic mass is 10.0. The van der Waals surface area contributed by atoms with Gasteiger partial charge in [-0.1, -0.05) is 109 Å². The molecule has 0 fully saturated rings. The van der Waals surface area contributed by atoms with Crippen LogP contribution in [0.1, 0.15) is 29.3 Å². The molecule has 0 aliphatic carbocycles. The highest BCUT2D eigenvalue weighted by atomic mass is 35.5. The van der Waals surface area contributed by atoms with Crippen LogP contribution in [0.2, 0.25) is 10.0 Å². The minimum absolute atomic E-state index is 0.0767. The van der Waals surface area contributed by atoms with Crippen LogP contribution in [0.25, 0.3) is 28.5 Å². The Balaban J connectivity index is 1.15. The number of nitrogens with zero attached hydrogens (tertiary/aromatic N) is 1. The first-order valence-corrected chi connectivity index (χ1v) is 18.8. The summed E-state index contributed by atoms with van der Waals surface area (Å²) < 4.78 is 0. The van der Waals surface area contributed by atoms with E-state index >= 15 is 0 Å². The van der Waals surface area contributed by atoms with Crippen molar-refractivity contribution in [2.75, 3.05) is 10.6 Å². The lowest BCUT2D eigenvalue weighted by Gasteiger charge is -2.15. The van der Waals surface area contributed by atoms with E-state index in [1.807, 2.05) is 79.0 Å². The average Bonchev–Trinajstić information content (AvgIpc) is 3.62. The standard InChI is InChI=1S/C41H32Cl2N4O3S2/c1-2-37(40(50)47-41-46-36(25-51-41)33-21-20-30(42)23-34(33)43)52-32-15-9-14-31(24-32)44-39(49)35(45-38(48)29-12-7-4-8-13-29)22-26-16-18-28(19-17-26)27-10-5-3-6-11-27/h3-25,37H,2H2,1H3,(H,44,49)(H,45,48)(H,46,47,50)/b35-22+. The summed E-state index contributed by atoms with van der Waals surface area (Å²) in [6, 6.07) is 38.9. The highest BCUT2D eigenvalue weighted by Gasteiger charge is 2.21. The number of benzene rings is 5. The molecule has 6 rings (SSSR count). The van der Waals surface area contributed by atoms with Crippen molar-refractivity contribution in [1.29, 1.82) is 0 Å². The smallest absolute Gasteiger partial charge is 0.272 e. The molecule has 0 spiro atoms. The molecule has 3 N–H and O–H groups in total. The molecule has 0 radical (unpaired) electrons. The van der Waals surface area contributed by atoms with E-state index in [-0.39, 0.29) is 11.6 Å². The number of aromatic nitrogens is 1. The predicted molar refractivity (Wildman–Crippen MR) is 215 cm³/mol. The second-order valence-electron chi connectivity index (χ2n) is 11.5. The number of thioether (sulfide) groups is 1. The molecular formula is C41H32Cl2N4O3S2. The monoisotopic (exact) mass is 762 g/mol. The Hall–Kier alpha value is -5.19. The van der Waals surface area contributed by atoms with E-state index in [0.717, 1.165) is 27.1 Å². The molecule has 1 heterocycles. The number of nitrogens with one attached hydrogen (secondary N) is 3. The fraction of sp³-hybridized carbons (Fsp3) is 0.0732. The first kappa shape index (κ1) is 36.6. The zero-order valence-electron chi connectivity index (χ0n) is 27.8. The average molecular weight is 764 g/mol. The maximum absolute atomic E-state index is 13.7. The van der Waals surface area contributed by atoms with Crippen molar-refractivity contribution in [3.63, 3.8) is 0 Å². The van der Waals surface area contributed by atoms with Crippen molar-refractivity contribution in [3.05, 3.63) is 160 Å². The Morgan fingerprint density at radius 2 is 1.52 bits per heavy atom. The molecule has 0 aliphatic heterocycles. The summed E-state index contributed by atoms with van der Waals surface area (Å²) in [4.78, 5) is 45.5. The summed E-state index contributed by atoms with van der Waals surface area (Å²) in [6.07, 6.45) is 2.20. The summed E-state index contributed by atoms with van der Waals surface area (Å²) in [7, 11) is 0. The SMILES string of the molecule is CCC(Sc1cccc(NC(=O)/C(=C\c2ccc(-c3ccccc3)cc2)NC(=O)c2ccccc2)c1)C(=O)Nc1nc(-c2ccc(Cl)cc2Cl)cs1. The zero-order chi connectivity index (χ0) is 36.5. The van der Waals surface area contributed by atoms with Gasteiger partial charge in [-0.3, -0.25) is 14.4 Å². The van der Waals surface area contributed by atoms with Gasteiger partial charge in [-0.25, -0.2) is 4.98 Å². The molecule has 0 saturated carbocycles. The Morgan fingerprint density at radius 1 is 0.808 bits per heavy atom. The van der Waals surface area contributed by atoms with Crippen LogP contribution >= 0.6 is 46.3 Å². The van der Waals surface area contributed by atoms with E-state index in [9.17, 15) is 14.4 Å². The predicted octanol–water partition coefficient (Wildman–Crippen LogP) is 10.7. The molecule has 5 aromatic carbocycles. The van der Waals surface area contributed by atoms with Gasteiger partial charge in [-0.05, 0) is 77.7 Å². The van der Waals surface area contributed by atoms with Crippen LogP contribution in [-0.4, -0.2) is 28.0 Å². The maximum atomic E-state index is 13.7. The molecule has 0 saturated heterocycles. The van der Waals surface area contributed by atoms with Crippen LogP contribution in [0.3, 0.4) is 0 Å². The second kappa shape index (κ2) is 17.4. The first-order valence-electron chi connectivity index (χ1n) is 16.3. The van der Waals surface area contributed by atoms with Crippen LogP contribution in [0.15, 0.2) is 143 Å². The van der Waals surface area contributed by atoms with Crippen LogP contribution in [-0.2, 0) is 9.59 Å². The normalized spacial score (nSPS) is 11.8. The third-order valence-corrected chi connectivity index (χ3v) is 10.5. The van der Waals surface area contributed by atoms with E-state index in [2.05, 4.69) is 20.9 Å². The molecule has 3 amide bonds. The maximum Gasteiger partial charge on any atom is 0.272 e. The van der Waals surface area contributed by atoms with Gasteiger partial charge >= 0.3 is 0 Å². The molecule has 6 aromatic rings. The third-order valence-electron chi connectivity index (χ3n) is 7.83. The van der Waals surface area contributed by atoms with Gasteiger partial charge in [-0.15, -0.1) is 23.1 Å². The van der Waals surface area contributed by atoms with E-state index in [0.29, 0.717) is 38.5 Å².